The van der Waals surface area contributed by atoms with Gasteiger partial charge in [-0.2, -0.15) is 0 Å². The summed E-state index contributed by atoms with van der Waals surface area (Å²) in [5.41, 5.74) is 2.16. The van der Waals surface area contributed by atoms with Crippen LogP contribution < -0.4 is 4.74 Å². The molecule has 1 atom stereocenters. The molecule has 7 heteroatoms. The van der Waals surface area contributed by atoms with Gasteiger partial charge in [0.15, 0.2) is 0 Å². The van der Waals surface area contributed by atoms with Gasteiger partial charge < -0.3 is 24.0 Å². The molecule has 0 unspecified atom stereocenters. The first-order valence-corrected chi connectivity index (χ1v) is 10.1. The molecule has 0 aliphatic heterocycles. The molecule has 1 N–H and O–H groups in total. The molecule has 6 nitrogen and oxygen atoms in total. The lowest BCUT2D eigenvalue weighted by molar-refractivity contribution is 0.0526. The summed E-state index contributed by atoms with van der Waals surface area (Å²) in [5, 5.41) is 11.4. The summed E-state index contributed by atoms with van der Waals surface area (Å²) in [6.07, 6.45) is -0.546. The van der Waals surface area contributed by atoms with E-state index in [-0.39, 0.29) is 5.97 Å². The molecular formula is C20H29BrN2O4. The largest absolute Gasteiger partial charge is 0.496 e. The number of halogens is 1. The van der Waals surface area contributed by atoms with Gasteiger partial charge in [0.2, 0.25) is 0 Å². The van der Waals surface area contributed by atoms with E-state index >= 15 is 0 Å². The van der Waals surface area contributed by atoms with E-state index in [0.717, 1.165) is 34.2 Å². The molecule has 0 spiro atoms. The minimum absolute atomic E-state index is 0.309. The molecule has 1 aromatic heterocycles. The SMILES string of the molecule is CCOC(=O)c1c(C)n(C[C@@H](O)CN(CC)CC)c2cc(Br)c(OC)cc12. The maximum absolute atomic E-state index is 12.6. The van der Waals surface area contributed by atoms with Gasteiger partial charge in [-0.1, -0.05) is 13.8 Å². The topological polar surface area (TPSA) is 63.9 Å². The molecule has 0 saturated carbocycles. The van der Waals surface area contributed by atoms with Crippen LogP contribution in [0.5, 0.6) is 5.75 Å². The third kappa shape index (κ3) is 4.65. The monoisotopic (exact) mass is 440 g/mol. The Morgan fingerprint density at radius 2 is 1.96 bits per heavy atom. The van der Waals surface area contributed by atoms with Gasteiger partial charge in [-0.3, -0.25) is 0 Å². The van der Waals surface area contributed by atoms with Crippen LogP contribution in [0.2, 0.25) is 0 Å². The Labute approximate surface area is 169 Å². The second-order valence-corrected chi connectivity index (χ2v) is 7.29. The first-order valence-electron chi connectivity index (χ1n) is 9.31. The number of aliphatic hydroxyl groups excluding tert-OH is 1. The summed E-state index contributed by atoms with van der Waals surface area (Å²) in [6.45, 7) is 10.9. The number of ether oxygens (including phenoxy) is 2. The molecule has 0 radical (unpaired) electrons. The van der Waals surface area contributed by atoms with Crippen molar-refractivity contribution >= 4 is 32.8 Å². The second-order valence-electron chi connectivity index (χ2n) is 6.44. The molecule has 0 bridgehead atoms. The minimum atomic E-state index is -0.546. The molecule has 2 rings (SSSR count). The minimum Gasteiger partial charge on any atom is -0.496 e. The lowest BCUT2D eigenvalue weighted by atomic mass is 10.1. The smallest absolute Gasteiger partial charge is 0.340 e. The highest BCUT2D eigenvalue weighted by Crippen LogP contribution is 2.35. The van der Waals surface area contributed by atoms with Crippen LogP contribution >= 0.6 is 15.9 Å². The van der Waals surface area contributed by atoms with Gasteiger partial charge in [0.25, 0.3) is 0 Å². The summed E-state index contributed by atoms with van der Waals surface area (Å²) in [5.74, 6) is 0.287. The van der Waals surface area contributed by atoms with E-state index < -0.39 is 6.10 Å². The van der Waals surface area contributed by atoms with Crippen LogP contribution in [0, 0.1) is 6.92 Å². The predicted molar refractivity (Wildman–Crippen MR) is 111 cm³/mol. The molecule has 0 aliphatic carbocycles. The average molecular weight is 441 g/mol. The normalized spacial score (nSPS) is 12.6. The Morgan fingerprint density at radius 1 is 1.30 bits per heavy atom. The maximum atomic E-state index is 12.6. The van der Waals surface area contributed by atoms with Crippen LogP contribution in [-0.4, -0.2) is 60.0 Å². The van der Waals surface area contributed by atoms with Crippen molar-refractivity contribution in [3.8, 4) is 5.75 Å². The van der Waals surface area contributed by atoms with Crippen LogP contribution in [-0.2, 0) is 11.3 Å². The van der Waals surface area contributed by atoms with Gasteiger partial charge in [-0.15, -0.1) is 0 Å². The predicted octanol–water partition coefficient (Wildman–Crippen LogP) is 3.60. The highest BCUT2D eigenvalue weighted by atomic mass is 79.9. The Hall–Kier alpha value is -1.57. The zero-order valence-corrected chi connectivity index (χ0v) is 18.3. The molecule has 0 amide bonds. The number of esters is 1. The van der Waals surface area contributed by atoms with Crippen LogP contribution in [0.25, 0.3) is 10.9 Å². The number of carbonyl (C=O) groups is 1. The molecule has 0 aliphatic rings. The van der Waals surface area contributed by atoms with Crippen LogP contribution in [0.15, 0.2) is 16.6 Å². The number of hydrogen-bond acceptors (Lipinski definition) is 5. The Morgan fingerprint density at radius 3 is 2.52 bits per heavy atom. The molecular weight excluding hydrogens is 412 g/mol. The van der Waals surface area contributed by atoms with E-state index in [1.807, 2.05) is 23.6 Å². The fourth-order valence-corrected chi connectivity index (χ4v) is 3.87. The van der Waals surface area contributed by atoms with Crippen molar-refractivity contribution in [3.63, 3.8) is 0 Å². The van der Waals surface area contributed by atoms with E-state index in [4.69, 9.17) is 9.47 Å². The molecule has 1 heterocycles. The third-order valence-corrected chi connectivity index (χ3v) is 5.45. The molecule has 0 saturated heterocycles. The van der Waals surface area contributed by atoms with Crippen molar-refractivity contribution in [2.24, 2.45) is 0 Å². The van der Waals surface area contributed by atoms with E-state index in [9.17, 15) is 9.90 Å². The number of rotatable bonds is 9. The molecule has 27 heavy (non-hydrogen) atoms. The number of hydrogen-bond donors (Lipinski definition) is 1. The summed E-state index contributed by atoms with van der Waals surface area (Å²) in [4.78, 5) is 14.8. The number of aliphatic hydroxyl groups is 1. The van der Waals surface area contributed by atoms with Gasteiger partial charge in [0, 0.05) is 17.6 Å². The van der Waals surface area contributed by atoms with E-state index in [0.29, 0.717) is 31.0 Å². The lowest BCUT2D eigenvalue weighted by Gasteiger charge is -2.23. The summed E-state index contributed by atoms with van der Waals surface area (Å²) in [7, 11) is 1.59. The fourth-order valence-electron chi connectivity index (χ4n) is 3.38. The van der Waals surface area contributed by atoms with E-state index in [2.05, 4.69) is 34.7 Å². The first-order chi connectivity index (χ1) is 12.9. The highest BCUT2D eigenvalue weighted by molar-refractivity contribution is 9.10. The molecule has 2 aromatic rings. The molecule has 1 aromatic carbocycles. The maximum Gasteiger partial charge on any atom is 0.340 e. The van der Waals surface area contributed by atoms with Gasteiger partial charge >= 0.3 is 5.97 Å². The van der Waals surface area contributed by atoms with Crippen molar-refractivity contribution in [3.05, 3.63) is 27.9 Å². The van der Waals surface area contributed by atoms with Gasteiger partial charge in [-0.05, 0) is 55.0 Å². The molecule has 0 fully saturated rings. The number of likely N-dealkylation sites (N-methyl/N-ethyl adjacent to an activating group) is 1. The van der Waals surface area contributed by atoms with Gasteiger partial charge in [-0.25, -0.2) is 4.79 Å². The van der Waals surface area contributed by atoms with Crippen LogP contribution in [0.1, 0.15) is 36.8 Å². The van der Waals surface area contributed by atoms with Gasteiger partial charge in [0.05, 0.1) is 41.9 Å². The number of methoxy groups -OCH3 is 1. The number of aromatic nitrogens is 1. The number of nitrogens with zero attached hydrogens (tertiary/aromatic N) is 2. The van der Waals surface area contributed by atoms with Crippen molar-refractivity contribution in [2.75, 3.05) is 33.4 Å². The standard InChI is InChI=1S/C20H29BrN2O4/c1-6-22(7-2)11-14(24)12-23-13(4)19(20(25)27-8-3)15-9-18(26-5)16(21)10-17(15)23/h9-10,14,24H,6-8,11-12H2,1-5H3/t14-/m0/s1. The van der Waals surface area contributed by atoms with Crippen LogP contribution in [0.4, 0.5) is 0 Å². The fraction of sp³-hybridized carbons (Fsp3) is 0.550. The zero-order valence-electron chi connectivity index (χ0n) is 16.7. The van der Waals surface area contributed by atoms with Gasteiger partial charge in [0.1, 0.15) is 5.75 Å². The summed E-state index contributed by atoms with van der Waals surface area (Å²) in [6, 6.07) is 3.76. The Bertz CT molecular complexity index is 799. The van der Waals surface area contributed by atoms with Crippen molar-refractivity contribution in [2.45, 2.75) is 40.3 Å². The first kappa shape index (κ1) is 21.7. The highest BCUT2D eigenvalue weighted by Gasteiger charge is 2.24. The van der Waals surface area contributed by atoms with Crippen molar-refractivity contribution < 1.29 is 19.4 Å². The van der Waals surface area contributed by atoms with E-state index in [1.165, 1.54) is 0 Å². The Balaban J connectivity index is 2.53. The van der Waals surface area contributed by atoms with Crippen molar-refractivity contribution in [1.82, 2.24) is 9.47 Å². The Kier molecular flexibility index (Phi) is 7.70. The lowest BCUT2D eigenvalue weighted by Crippen LogP contribution is -2.34. The van der Waals surface area contributed by atoms with Crippen LogP contribution in [0.3, 0.4) is 0 Å². The quantitative estimate of drug-likeness (QED) is 0.603. The molecule has 150 valence electrons. The van der Waals surface area contributed by atoms with E-state index in [1.54, 1.807) is 14.0 Å². The second kappa shape index (κ2) is 9.57. The summed E-state index contributed by atoms with van der Waals surface area (Å²) >= 11 is 3.52. The zero-order chi connectivity index (χ0) is 20.1. The third-order valence-electron chi connectivity index (χ3n) is 4.83. The van der Waals surface area contributed by atoms with Crippen molar-refractivity contribution in [1.29, 1.82) is 0 Å². The number of carbonyl (C=O) groups excluding carboxylic acids is 1. The average Bonchev–Trinajstić information content (AvgIpc) is 2.90. The summed E-state index contributed by atoms with van der Waals surface area (Å²) < 4.78 is 13.4. The number of benzene rings is 1. The number of fused-ring (bicyclic) bond motifs is 1.